The minimum absolute atomic E-state index is 0. The first-order chi connectivity index (χ1) is 28.3. The molecule has 0 fully saturated rings. The van der Waals surface area contributed by atoms with Crippen molar-refractivity contribution in [1.82, 2.24) is 0 Å². The average Bonchev–Trinajstić information content (AvgIpc) is 3.30. The number of rotatable bonds is 9. The lowest BCUT2D eigenvalue weighted by molar-refractivity contribution is 1.11. The van der Waals surface area contributed by atoms with Crippen LogP contribution in [0.2, 0.25) is 0 Å². The lowest BCUT2D eigenvalue weighted by Crippen LogP contribution is -2.20. The SMILES string of the molecule is F.c1ccc(P(c2ccccc2)c2ccccc2)cc1.c1ccc(P(c2ccccc2)c2ccccc2)cc1.c1ccc(P(c2ccccc2)c2ccccc2)cc1. The molecule has 0 aromatic heterocycles. The van der Waals surface area contributed by atoms with Gasteiger partial charge in [-0.1, -0.05) is 273 Å². The van der Waals surface area contributed by atoms with Crippen LogP contribution in [0.15, 0.2) is 273 Å². The normalized spacial score (nSPS) is 10.4. The molecule has 58 heavy (non-hydrogen) atoms. The summed E-state index contributed by atoms with van der Waals surface area (Å²) >= 11 is 0. The average molecular weight is 807 g/mol. The van der Waals surface area contributed by atoms with Crippen LogP contribution in [0.1, 0.15) is 0 Å². The van der Waals surface area contributed by atoms with Crippen LogP contribution in [0.4, 0.5) is 4.70 Å². The molecule has 0 bridgehead atoms. The first kappa shape index (κ1) is 41.8. The fraction of sp³-hybridized carbons (Fsp3) is 0. The summed E-state index contributed by atoms with van der Waals surface area (Å²) in [6, 6.07) is 97.0. The molecule has 0 radical (unpaired) electrons. The Hall–Kier alpha value is -5.80. The van der Waals surface area contributed by atoms with Gasteiger partial charge < -0.3 is 0 Å². The molecule has 0 aliphatic heterocycles. The van der Waals surface area contributed by atoms with E-state index in [1.807, 2.05) is 0 Å². The summed E-state index contributed by atoms with van der Waals surface area (Å²) in [6.45, 7) is 0. The Morgan fingerprint density at radius 2 is 0.224 bits per heavy atom. The highest BCUT2D eigenvalue weighted by molar-refractivity contribution is 7.80. The summed E-state index contributed by atoms with van der Waals surface area (Å²) in [6.07, 6.45) is 0. The van der Waals surface area contributed by atoms with Crippen LogP contribution < -0.4 is 47.7 Å². The molecule has 0 heterocycles. The quantitative estimate of drug-likeness (QED) is 0.128. The van der Waals surface area contributed by atoms with Crippen LogP contribution in [0.25, 0.3) is 0 Å². The largest absolute Gasteiger partial charge is 0.269 e. The Labute approximate surface area is 347 Å². The molecular formula is C54H46FP3. The number of benzene rings is 9. The first-order valence-corrected chi connectivity index (χ1v) is 23.2. The van der Waals surface area contributed by atoms with Crippen molar-refractivity contribution in [2.75, 3.05) is 0 Å². The lowest BCUT2D eigenvalue weighted by Gasteiger charge is -2.18. The van der Waals surface area contributed by atoms with Gasteiger partial charge in [-0.05, 0) is 71.5 Å². The molecule has 0 aliphatic carbocycles. The highest BCUT2D eigenvalue weighted by Gasteiger charge is 2.17. The monoisotopic (exact) mass is 806 g/mol. The molecule has 4 heteroatoms. The van der Waals surface area contributed by atoms with Crippen molar-refractivity contribution in [1.29, 1.82) is 0 Å². The van der Waals surface area contributed by atoms with Crippen LogP contribution >= 0.6 is 23.8 Å². The number of halogens is 1. The lowest BCUT2D eigenvalue weighted by atomic mass is 10.4. The van der Waals surface area contributed by atoms with E-state index in [4.69, 9.17) is 0 Å². The summed E-state index contributed by atoms with van der Waals surface area (Å²) in [5.74, 6) is 0. The second-order valence-electron chi connectivity index (χ2n) is 13.0. The molecular weight excluding hydrogens is 761 g/mol. The molecule has 0 saturated carbocycles. The highest BCUT2D eigenvalue weighted by Crippen LogP contribution is 2.34. The number of hydrogen-bond donors (Lipinski definition) is 0. The fourth-order valence-electron chi connectivity index (χ4n) is 6.54. The molecule has 0 atom stereocenters. The van der Waals surface area contributed by atoms with E-state index in [9.17, 15) is 0 Å². The second-order valence-corrected chi connectivity index (χ2v) is 19.7. The van der Waals surface area contributed by atoms with Crippen molar-refractivity contribution in [3.05, 3.63) is 273 Å². The van der Waals surface area contributed by atoms with Crippen LogP contribution in [0.5, 0.6) is 0 Å². The summed E-state index contributed by atoms with van der Waals surface area (Å²) in [4.78, 5) is 0. The number of hydrogen-bond acceptors (Lipinski definition) is 0. The van der Waals surface area contributed by atoms with Crippen molar-refractivity contribution < 1.29 is 4.70 Å². The van der Waals surface area contributed by atoms with E-state index in [1.165, 1.54) is 47.7 Å². The van der Waals surface area contributed by atoms with Crippen molar-refractivity contribution in [2.24, 2.45) is 0 Å². The van der Waals surface area contributed by atoms with Crippen LogP contribution in [0.3, 0.4) is 0 Å². The van der Waals surface area contributed by atoms with E-state index in [1.54, 1.807) is 0 Å². The van der Waals surface area contributed by atoms with Gasteiger partial charge >= 0.3 is 0 Å². The van der Waals surface area contributed by atoms with Gasteiger partial charge in [0.25, 0.3) is 0 Å². The van der Waals surface area contributed by atoms with Gasteiger partial charge in [0.2, 0.25) is 0 Å². The fourth-order valence-corrected chi connectivity index (χ4v) is 13.5. The van der Waals surface area contributed by atoms with Crippen LogP contribution in [0, 0.1) is 0 Å². The minimum atomic E-state index is -0.446. The van der Waals surface area contributed by atoms with Crippen LogP contribution in [-0.4, -0.2) is 0 Å². The summed E-state index contributed by atoms with van der Waals surface area (Å²) in [5.41, 5.74) is 0. The Balaban J connectivity index is 0.000000145. The molecule has 0 N–H and O–H groups in total. The van der Waals surface area contributed by atoms with E-state index in [2.05, 4.69) is 273 Å². The molecule has 0 spiro atoms. The molecule has 284 valence electrons. The van der Waals surface area contributed by atoms with E-state index >= 15 is 0 Å². The second kappa shape index (κ2) is 22.8. The Kier molecular flexibility index (Phi) is 16.5. The zero-order valence-electron chi connectivity index (χ0n) is 32.2. The summed E-state index contributed by atoms with van der Waals surface area (Å²) in [5, 5.41) is 12.6. The van der Waals surface area contributed by atoms with Crippen LogP contribution in [-0.2, 0) is 0 Å². The molecule has 9 rings (SSSR count). The zero-order chi connectivity index (χ0) is 38.7. The maximum Gasteiger partial charge on any atom is -0.0134 e. The summed E-state index contributed by atoms with van der Waals surface area (Å²) in [7, 11) is -1.34. The third-order valence-corrected chi connectivity index (χ3v) is 16.5. The minimum Gasteiger partial charge on any atom is -0.269 e. The Morgan fingerprint density at radius 1 is 0.138 bits per heavy atom. The van der Waals surface area contributed by atoms with E-state index in [-0.39, 0.29) is 4.70 Å². The topological polar surface area (TPSA) is 0 Å². The smallest absolute Gasteiger partial charge is 0.0134 e. The van der Waals surface area contributed by atoms with Gasteiger partial charge in [-0.15, -0.1) is 0 Å². The van der Waals surface area contributed by atoms with Gasteiger partial charge in [0, 0.05) is 0 Å². The van der Waals surface area contributed by atoms with E-state index in [0.29, 0.717) is 0 Å². The zero-order valence-corrected chi connectivity index (χ0v) is 34.9. The molecule has 0 saturated heterocycles. The first-order valence-electron chi connectivity index (χ1n) is 19.2. The van der Waals surface area contributed by atoms with Crippen molar-refractivity contribution >= 4 is 71.5 Å². The van der Waals surface area contributed by atoms with Gasteiger partial charge in [0.15, 0.2) is 0 Å². The molecule has 0 amide bonds. The van der Waals surface area contributed by atoms with Crippen molar-refractivity contribution in [2.45, 2.75) is 0 Å². The predicted octanol–water partition coefficient (Wildman–Crippen LogP) is 10.5. The van der Waals surface area contributed by atoms with Crippen molar-refractivity contribution in [3.8, 4) is 0 Å². The van der Waals surface area contributed by atoms with Crippen molar-refractivity contribution in [3.63, 3.8) is 0 Å². The maximum atomic E-state index is 2.23. The van der Waals surface area contributed by atoms with E-state index in [0.717, 1.165) is 0 Å². The maximum absolute atomic E-state index is 2.23. The molecule has 0 unspecified atom stereocenters. The van der Waals surface area contributed by atoms with Gasteiger partial charge in [-0.3, -0.25) is 4.70 Å². The Bertz CT molecular complexity index is 1860. The van der Waals surface area contributed by atoms with Gasteiger partial charge in [0.05, 0.1) is 0 Å². The molecule has 9 aromatic carbocycles. The summed E-state index contributed by atoms with van der Waals surface area (Å²) < 4.78 is 0. The Morgan fingerprint density at radius 3 is 0.310 bits per heavy atom. The van der Waals surface area contributed by atoms with E-state index < -0.39 is 23.8 Å². The van der Waals surface area contributed by atoms with Gasteiger partial charge in [0.1, 0.15) is 0 Å². The standard InChI is InChI=1S/3C18H15P.FH/c3*1-4-10-16(11-5-1)19(17-12-6-2-7-13-17)18-14-8-3-9-15-18;/h3*1-15H;1H. The third-order valence-electron chi connectivity index (χ3n) is 9.13. The molecule has 0 aliphatic rings. The predicted molar refractivity (Wildman–Crippen MR) is 258 cm³/mol. The molecule has 0 nitrogen and oxygen atoms in total. The highest BCUT2D eigenvalue weighted by atomic mass is 31.1. The van der Waals surface area contributed by atoms with Gasteiger partial charge in [-0.25, -0.2) is 0 Å². The van der Waals surface area contributed by atoms with Gasteiger partial charge in [-0.2, -0.15) is 0 Å². The molecule has 9 aromatic rings. The third kappa shape index (κ3) is 11.6.